The van der Waals surface area contributed by atoms with Crippen molar-refractivity contribution < 1.29 is 14.4 Å². The fourth-order valence-corrected chi connectivity index (χ4v) is 5.47. The van der Waals surface area contributed by atoms with E-state index in [1.165, 1.54) is 12.5 Å². The van der Waals surface area contributed by atoms with Crippen LogP contribution in [0.25, 0.3) is 10.9 Å². The minimum atomic E-state index is -0.424. The molecule has 3 aliphatic rings. The molecule has 6 rings (SSSR count). The quantitative estimate of drug-likeness (QED) is 0.595. The zero-order chi connectivity index (χ0) is 22.7. The maximum absolute atomic E-state index is 13.4. The highest BCUT2D eigenvalue weighted by Gasteiger charge is 2.56. The second-order valence-electron chi connectivity index (χ2n) is 9.56. The summed E-state index contributed by atoms with van der Waals surface area (Å²) in [5.74, 6) is 0.481. The van der Waals surface area contributed by atoms with Crippen LogP contribution in [0.1, 0.15) is 48.2 Å². The number of likely N-dealkylation sites (tertiary alicyclic amines) is 1. The molecule has 0 spiro atoms. The number of amides is 2. The lowest BCUT2D eigenvalue weighted by Gasteiger charge is -2.27. The Labute approximate surface area is 191 Å². The normalized spacial score (nSPS) is 27.3. The van der Waals surface area contributed by atoms with Crippen LogP contribution >= 0.6 is 0 Å². The molecule has 7 nitrogen and oxygen atoms in total. The van der Waals surface area contributed by atoms with E-state index in [9.17, 15) is 14.4 Å². The molecule has 2 amide bonds. The number of ketones is 1. The van der Waals surface area contributed by atoms with Gasteiger partial charge in [0.25, 0.3) is 0 Å². The van der Waals surface area contributed by atoms with Gasteiger partial charge in [-0.1, -0.05) is 48.5 Å². The van der Waals surface area contributed by atoms with Crippen LogP contribution in [-0.4, -0.2) is 50.4 Å². The Morgan fingerprint density at radius 2 is 1.76 bits per heavy atom. The van der Waals surface area contributed by atoms with E-state index in [-0.39, 0.29) is 36.2 Å². The lowest BCUT2D eigenvalue weighted by Crippen LogP contribution is -2.49. The standard InChI is InChI=1S/C26H26N4O3/c1-15(31)25-18-9-5-6-10-21(18)29(28-25)14-24(32)30-22-11-17(22)12-23(30)26(33)27-20-13-19(20)16-7-3-2-4-8-16/h2-10,17,19-20,22-23H,11-14H2,1H3,(H,27,33)/t17?,19-,20+,22-,23+/m1/s1. The van der Waals surface area contributed by atoms with Gasteiger partial charge in [-0.25, -0.2) is 0 Å². The second kappa shape index (κ2) is 7.54. The third-order valence-corrected chi connectivity index (χ3v) is 7.32. The fourth-order valence-electron chi connectivity index (χ4n) is 5.47. The molecule has 2 saturated carbocycles. The van der Waals surface area contributed by atoms with Crippen molar-refractivity contribution in [2.45, 2.75) is 56.8 Å². The van der Waals surface area contributed by atoms with E-state index in [1.54, 1.807) is 9.58 Å². The maximum atomic E-state index is 13.4. The molecule has 1 aromatic heterocycles. The monoisotopic (exact) mass is 442 g/mol. The van der Waals surface area contributed by atoms with Gasteiger partial charge in [-0.15, -0.1) is 0 Å². The summed E-state index contributed by atoms with van der Waals surface area (Å²) in [5.41, 5.74) is 2.38. The number of carbonyl (C=O) groups is 3. The molecule has 2 heterocycles. The van der Waals surface area contributed by atoms with E-state index in [0.717, 1.165) is 30.2 Å². The number of nitrogens with zero attached hydrogens (tertiary/aromatic N) is 3. The summed E-state index contributed by atoms with van der Waals surface area (Å²) in [6, 6.07) is 17.5. The highest BCUT2D eigenvalue weighted by molar-refractivity contribution is 6.05. The molecular weight excluding hydrogens is 416 g/mol. The number of rotatable bonds is 6. The lowest BCUT2D eigenvalue weighted by atomic mass is 10.1. The number of benzene rings is 2. The second-order valence-corrected chi connectivity index (χ2v) is 9.56. The molecule has 33 heavy (non-hydrogen) atoms. The van der Waals surface area contributed by atoms with Crippen molar-refractivity contribution in [3.63, 3.8) is 0 Å². The van der Waals surface area contributed by atoms with Crippen molar-refractivity contribution in [1.29, 1.82) is 0 Å². The van der Waals surface area contributed by atoms with Crippen molar-refractivity contribution in [3.8, 4) is 0 Å². The largest absolute Gasteiger partial charge is 0.351 e. The Morgan fingerprint density at radius 1 is 1.00 bits per heavy atom. The third kappa shape index (κ3) is 3.52. The SMILES string of the molecule is CC(=O)c1nn(CC(=O)N2[C@@H]3CC3C[C@H]2C(=O)N[C@H]2C[C@@H]2c2ccccc2)c2ccccc12. The van der Waals surface area contributed by atoms with E-state index in [2.05, 4.69) is 22.5 Å². The summed E-state index contributed by atoms with van der Waals surface area (Å²) < 4.78 is 1.60. The number of nitrogens with one attached hydrogen (secondary N) is 1. The highest BCUT2D eigenvalue weighted by Crippen LogP contribution is 2.48. The van der Waals surface area contributed by atoms with Gasteiger partial charge < -0.3 is 10.2 Å². The van der Waals surface area contributed by atoms with E-state index in [1.807, 2.05) is 42.5 Å². The van der Waals surface area contributed by atoms with Crippen LogP contribution in [0.15, 0.2) is 54.6 Å². The third-order valence-electron chi connectivity index (χ3n) is 7.32. The first-order chi connectivity index (χ1) is 16.0. The summed E-state index contributed by atoms with van der Waals surface area (Å²) >= 11 is 0. The lowest BCUT2D eigenvalue weighted by molar-refractivity contribution is -0.140. The highest BCUT2D eigenvalue weighted by atomic mass is 16.2. The van der Waals surface area contributed by atoms with Gasteiger partial charge in [0, 0.05) is 30.3 Å². The zero-order valence-electron chi connectivity index (χ0n) is 18.5. The van der Waals surface area contributed by atoms with Gasteiger partial charge in [-0.05, 0) is 36.8 Å². The number of hydrogen-bond acceptors (Lipinski definition) is 4. The molecule has 168 valence electrons. The number of hydrogen-bond donors (Lipinski definition) is 1. The van der Waals surface area contributed by atoms with Gasteiger partial charge in [0.2, 0.25) is 11.8 Å². The predicted molar refractivity (Wildman–Crippen MR) is 123 cm³/mol. The van der Waals surface area contributed by atoms with Crippen LogP contribution in [-0.2, 0) is 16.1 Å². The molecule has 5 atom stereocenters. The van der Waals surface area contributed by atoms with E-state index < -0.39 is 6.04 Å². The Morgan fingerprint density at radius 3 is 2.55 bits per heavy atom. The molecule has 7 heteroatoms. The molecule has 1 aliphatic heterocycles. The zero-order valence-corrected chi connectivity index (χ0v) is 18.5. The van der Waals surface area contributed by atoms with Crippen molar-refractivity contribution in [3.05, 3.63) is 65.9 Å². The smallest absolute Gasteiger partial charge is 0.245 e. The van der Waals surface area contributed by atoms with Crippen LogP contribution in [0.4, 0.5) is 0 Å². The first kappa shape index (κ1) is 20.1. The van der Waals surface area contributed by atoms with Gasteiger partial charge >= 0.3 is 0 Å². The predicted octanol–water partition coefficient (Wildman–Crippen LogP) is 2.90. The molecule has 2 aliphatic carbocycles. The molecule has 3 aromatic rings. The molecule has 2 aromatic carbocycles. The topological polar surface area (TPSA) is 84.3 Å². The fraction of sp³-hybridized carbons (Fsp3) is 0.385. The van der Waals surface area contributed by atoms with Crippen LogP contribution in [0.3, 0.4) is 0 Å². The van der Waals surface area contributed by atoms with Crippen LogP contribution in [0, 0.1) is 5.92 Å². The van der Waals surface area contributed by atoms with Crippen molar-refractivity contribution in [2.24, 2.45) is 5.92 Å². The minimum absolute atomic E-state index is 0.0247. The van der Waals surface area contributed by atoms with Gasteiger partial charge in [0.15, 0.2) is 5.78 Å². The van der Waals surface area contributed by atoms with Crippen LogP contribution in [0.5, 0.6) is 0 Å². The number of carbonyl (C=O) groups excluding carboxylic acids is 3. The summed E-state index contributed by atoms with van der Waals surface area (Å²) in [6.45, 7) is 1.51. The molecule has 1 unspecified atom stereocenters. The number of aromatic nitrogens is 2. The Bertz CT molecular complexity index is 1270. The average molecular weight is 443 g/mol. The molecule has 0 radical (unpaired) electrons. The Hall–Kier alpha value is -3.48. The number of para-hydroxylation sites is 1. The minimum Gasteiger partial charge on any atom is -0.351 e. The maximum Gasteiger partial charge on any atom is 0.245 e. The van der Waals surface area contributed by atoms with E-state index >= 15 is 0 Å². The summed E-state index contributed by atoms with van der Waals surface area (Å²) in [6.07, 6.45) is 2.63. The number of fused-ring (bicyclic) bond motifs is 2. The average Bonchev–Trinajstić information content (AvgIpc) is 3.70. The van der Waals surface area contributed by atoms with Gasteiger partial charge in [0.1, 0.15) is 18.3 Å². The van der Waals surface area contributed by atoms with E-state index in [4.69, 9.17) is 0 Å². The van der Waals surface area contributed by atoms with E-state index in [0.29, 0.717) is 17.5 Å². The first-order valence-corrected chi connectivity index (χ1v) is 11.6. The molecule has 1 saturated heterocycles. The van der Waals surface area contributed by atoms with Gasteiger partial charge in [-0.2, -0.15) is 5.10 Å². The van der Waals surface area contributed by atoms with Crippen molar-refractivity contribution >= 4 is 28.5 Å². The Kier molecular flexibility index (Phi) is 4.60. The van der Waals surface area contributed by atoms with Crippen LogP contribution < -0.4 is 5.32 Å². The number of piperidine rings is 1. The molecule has 1 N–H and O–H groups in total. The van der Waals surface area contributed by atoms with Gasteiger partial charge in [-0.3, -0.25) is 19.1 Å². The molecular formula is C26H26N4O3. The van der Waals surface area contributed by atoms with Crippen LogP contribution in [0.2, 0.25) is 0 Å². The van der Waals surface area contributed by atoms with Crippen molar-refractivity contribution in [1.82, 2.24) is 20.0 Å². The summed E-state index contributed by atoms with van der Waals surface area (Å²) in [4.78, 5) is 40.3. The first-order valence-electron chi connectivity index (χ1n) is 11.6. The molecule has 3 fully saturated rings. The Balaban J connectivity index is 1.18. The number of Topliss-reactive ketones (excluding diaryl/α,β-unsaturated/α-hetero) is 1. The molecule has 0 bridgehead atoms. The van der Waals surface area contributed by atoms with Crippen molar-refractivity contribution in [2.75, 3.05) is 0 Å². The summed E-state index contributed by atoms with van der Waals surface area (Å²) in [5, 5.41) is 8.36. The van der Waals surface area contributed by atoms with Gasteiger partial charge in [0.05, 0.1) is 5.52 Å². The summed E-state index contributed by atoms with van der Waals surface area (Å²) in [7, 11) is 0.